The Morgan fingerprint density at radius 1 is 1.47 bits per heavy atom. The van der Waals surface area contributed by atoms with Crippen LogP contribution in [0.4, 0.5) is 0 Å². The lowest BCUT2D eigenvalue weighted by Crippen LogP contribution is -2.40. The van der Waals surface area contributed by atoms with Crippen molar-refractivity contribution in [2.45, 2.75) is 52.6 Å². The normalized spacial score (nSPS) is 13.3. The Balaban J connectivity index is 2.25. The van der Waals surface area contributed by atoms with E-state index in [1.165, 1.54) is 6.33 Å². The van der Waals surface area contributed by atoms with E-state index >= 15 is 0 Å². The number of hydrogen-bond donors (Lipinski definition) is 2. The lowest BCUT2D eigenvalue weighted by Gasteiger charge is -2.25. The van der Waals surface area contributed by atoms with Crippen molar-refractivity contribution in [2.75, 3.05) is 6.61 Å². The quantitative estimate of drug-likeness (QED) is 0.772. The van der Waals surface area contributed by atoms with Crippen LogP contribution in [-0.4, -0.2) is 38.4 Å². The van der Waals surface area contributed by atoms with Crippen molar-refractivity contribution >= 4 is 5.91 Å². The van der Waals surface area contributed by atoms with Crippen LogP contribution in [0.2, 0.25) is 0 Å². The summed E-state index contributed by atoms with van der Waals surface area (Å²) in [4.78, 5) is 15.6. The molecular weight excluding hydrogens is 244 g/mol. The Labute approximate surface area is 114 Å². The number of carbonyl (C=O) groups excluding carboxylic acids is 1. The summed E-state index contributed by atoms with van der Waals surface area (Å²) in [6, 6.07) is -0.168. The third-order valence-electron chi connectivity index (χ3n) is 2.70. The van der Waals surface area contributed by atoms with Crippen LogP contribution in [0, 0.1) is 5.41 Å². The van der Waals surface area contributed by atoms with E-state index in [1.54, 1.807) is 11.0 Å². The van der Waals surface area contributed by atoms with Crippen LogP contribution in [0.3, 0.4) is 0 Å². The van der Waals surface area contributed by atoms with Gasteiger partial charge in [0, 0.05) is 13.0 Å². The number of aliphatic hydroxyl groups is 1. The summed E-state index contributed by atoms with van der Waals surface area (Å²) < 4.78 is 1.70. The van der Waals surface area contributed by atoms with Gasteiger partial charge in [0.25, 0.3) is 0 Å². The van der Waals surface area contributed by atoms with Crippen LogP contribution < -0.4 is 5.32 Å². The average Bonchev–Trinajstić information content (AvgIpc) is 2.79. The average molecular weight is 268 g/mol. The van der Waals surface area contributed by atoms with Crippen molar-refractivity contribution < 1.29 is 9.90 Å². The van der Waals surface area contributed by atoms with Gasteiger partial charge in [0.2, 0.25) is 5.91 Å². The zero-order valence-corrected chi connectivity index (χ0v) is 12.0. The van der Waals surface area contributed by atoms with Gasteiger partial charge in [-0.05, 0) is 18.3 Å². The number of nitrogens with zero attached hydrogens (tertiary/aromatic N) is 3. The molecule has 0 spiro atoms. The van der Waals surface area contributed by atoms with Crippen LogP contribution in [-0.2, 0) is 11.3 Å². The molecular formula is C13H24N4O2. The van der Waals surface area contributed by atoms with Gasteiger partial charge in [0.15, 0.2) is 0 Å². The zero-order chi connectivity index (χ0) is 14.3. The second-order valence-corrected chi connectivity index (χ2v) is 5.97. The fourth-order valence-electron chi connectivity index (χ4n) is 1.95. The summed E-state index contributed by atoms with van der Waals surface area (Å²) >= 11 is 0. The van der Waals surface area contributed by atoms with Crippen molar-refractivity contribution in [1.29, 1.82) is 0 Å². The number of aryl methyl sites for hydroxylation is 1. The molecule has 0 aliphatic heterocycles. The molecule has 0 fully saturated rings. The maximum Gasteiger partial charge on any atom is 0.220 e. The summed E-state index contributed by atoms with van der Waals surface area (Å²) in [5.74, 6) is -0.0246. The van der Waals surface area contributed by atoms with Gasteiger partial charge in [-0.1, -0.05) is 20.8 Å². The molecule has 2 N–H and O–H groups in total. The smallest absolute Gasteiger partial charge is 0.220 e. The number of hydrogen-bond acceptors (Lipinski definition) is 4. The third-order valence-corrected chi connectivity index (χ3v) is 2.70. The molecule has 0 aromatic carbocycles. The Hall–Kier alpha value is -1.43. The van der Waals surface area contributed by atoms with Crippen LogP contribution in [0.15, 0.2) is 12.7 Å². The minimum atomic E-state index is -0.168. The maximum absolute atomic E-state index is 11.8. The highest BCUT2D eigenvalue weighted by atomic mass is 16.3. The lowest BCUT2D eigenvalue weighted by molar-refractivity contribution is -0.122. The van der Waals surface area contributed by atoms with Crippen LogP contribution in [0.25, 0.3) is 0 Å². The molecule has 1 unspecified atom stereocenters. The van der Waals surface area contributed by atoms with Crippen molar-refractivity contribution in [3.05, 3.63) is 12.7 Å². The first-order valence-electron chi connectivity index (χ1n) is 6.63. The highest BCUT2D eigenvalue weighted by molar-refractivity contribution is 5.76. The topological polar surface area (TPSA) is 80.0 Å². The largest absolute Gasteiger partial charge is 0.394 e. The number of aliphatic hydroxyl groups excluding tert-OH is 1. The van der Waals surface area contributed by atoms with Crippen molar-refractivity contribution in [3.8, 4) is 0 Å². The molecule has 108 valence electrons. The van der Waals surface area contributed by atoms with Crippen LogP contribution >= 0.6 is 0 Å². The molecule has 6 heteroatoms. The zero-order valence-electron chi connectivity index (χ0n) is 12.0. The van der Waals surface area contributed by atoms with Gasteiger partial charge >= 0.3 is 0 Å². The summed E-state index contributed by atoms with van der Waals surface area (Å²) in [7, 11) is 0. The lowest BCUT2D eigenvalue weighted by atomic mass is 9.88. The van der Waals surface area contributed by atoms with Gasteiger partial charge in [0.05, 0.1) is 12.6 Å². The summed E-state index contributed by atoms with van der Waals surface area (Å²) in [6.07, 6.45) is 5.01. The molecule has 0 radical (unpaired) electrons. The second-order valence-electron chi connectivity index (χ2n) is 5.97. The number of carbonyl (C=O) groups is 1. The second kappa shape index (κ2) is 7.23. The van der Waals surface area contributed by atoms with E-state index in [0.29, 0.717) is 19.4 Å². The minimum absolute atomic E-state index is 0.0217. The van der Waals surface area contributed by atoms with Gasteiger partial charge in [-0.25, -0.2) is 4.98 Å². The van der Waals surface area contributed by atoms with Gasteiger partial charge < -0.3 is 10.4 Å². The van der Waals surface area contributed by atoms with E-state index in [-0.39, 0.29) is 24.0 Å². The van der Waals surface area contributed by atoms with Crippen LogP contribution in [0.5, 0.6) is 0 Å². The molecule has 1 atom stereocenters. The molecule has 1 amide bonds. The molecule has 0 saturated heterocycles. The van der Waals surface area contributed by atoms with Gasteiger partial charge in [0.1, 0.15) is 12.7 Å². The molecule has 0 aliphatic rings. The SMILES string of the molecule is CC(C)(C)CC(CO)NC(=O)CCCn1cncn1. The van der Waals surface area contributed by atoms with Crippen molar-refractivity contribution in [2.24, 2.45) is 5.41 Å². The summed E-state index contributed by atoms with van der Waals surface area (Å²) in [5, 5.41) is 16.1. The van der Waals surface area contributed by atoms with Crippen molar-refractivity contribution in [3.63, 3.8) is 0 Å². The Bertz CT molecular complexity index is 370. The monoisotopic (exact) mass is 268 g/mol. The van der Waals surface area contributed by atoms with Gasteiger partial charge in [-0.15, -0.1) is 0 Å². The van der Waals surface area contributed by atoms with E-state index in [9.17, 15) is 9.90 Å². The number of rotatable bonds is 7. The maximum atomic E-state index is 11.8. The van der Waals surface area contributed by atoms with Crippen molar-refractivity contribution in [1.82, 2.24) is 20.1 Å². The first kappa shape index (κ1) is 15.6. The molecule has 6 nitrogen and oxygen atoms in total. The Kier molecular flexibility index (Phi) is 5.95. The number of aromatic nitrogens is 3. The predicted molar refractivity (Wildman–Crippen MR) is 72.3 cm³/mol. The highest BCUT2D eigenvalue weighted by Crippen LogP contribution is 2.20. The number of amides is 1. The molecule has 0 bridgehead atoms. The molecule has 19 heavy (non-hydrogen) atoms. The number of nitrogens with one attached hydrogen (secondary N) is 1. The molecule has 1 rings (SSSR count). The molecule has 1 aromatic rings. The molecule has 1 heterocycles. The van der Waals surface area contributed by atoms with Crippen LogP contribution in [0.1, 0.15) is 40.0 Å². The fraction of sp³-hybridized carbons (Fsp3) is 0.769. The van der Waals surface area contributed by atoms with E-state index in [0.717, 1.165) is 6.42 Å². The summed E-state index contributed by atoms with van der Waals surface area (Å²) in [6.45, 7) is 6.92. The Morgan fingerprint density at radius 2 is 2.21 bits per heavy atom. The molecule has 1 aromatic heterocycles. The molecule has 0 aliphatic carbocycles. The standard InChI is InChI=1S/C13H24N4O2/c1-13(2,3)7-11(8-18)16-12(19)5-4-6-17-10-14-9-15-17/h9-11,18H,4-8H2,1-3H3,(H,16,19). The fourth-order valence-corrected chi connectivity index (χ4v) is 1.95. The first-order valence-corrected chi connectivity index (χ1v) is 6.63. The predicted octanol–water partition coefficient (Wildman–Crippen LogP) is 0.972. The van der Waals surface area contributed by atoms with E-state index < -0.39 is 0 Å². The third kappa shape index (κ3) is 6.91. The van der Waals surface area contributed by atoms with Gasteiger partial charge in [-0.2, -0.15) is 5.10 Å². The van der Waals surface area contributed by atoms with Gasteiger partial charge in [-0.3, -0.25) is 9.48 Å². The van der Waals surface area contributed by atoms with E-state index in [2.05, 4.69) is 36.2 Å². The Morgan fingerprint density at radius 3 is 2.74 bits per heavy atom. The summed E-state index contributed by atoms with van der Waals surface area (Å²) in [5.41, 5.74) is 0.0847. The van der Waals surface area contributed by atoms with E-state index in [1.807, 2.05) is 0 Å². The highest BCUT2D eigenvalue weighted by Gasteiger charge is 2.19. The molecule has 0 saturated carbocycles. The van der Waals surface area contributed by atoms with E-state index in [4.69, 9.17) is 0 Å². The minimum Gasteiger partial charge on any atom is -0.394 e. The first-order chi connectivity index (χ1) is 8.90.